The molecule has 0 aliphatic carbocycles. The first-order valence-electron chi connectivity index (χ1n) is 9.65. The van der Waals surface area contributed by atoms with Gasteiger partial charge < -0.3 is 14.6 Å². The number of ketones is 1. The number of rotatable bonds is 10. The SMILES string of the molecule is CCCc1c(OC(CCC)Oc2ccc(CC#N)cc2)ccc(C(C)=O)c1O. The number of aromatic hydroxyl groups is 1. The van der Waals surface area contributed by atoms with E-state index < -0.39 is 6.29 Å². The lowest BCUT2D eigenvalue weighted by molar-refractivity contribution is -0.00189. The molecule has 2 rings (SSSR count). The fourth-order valence-corrected chi connectivity index (χ4v) is 2.95. The van der Waals surface area contributed by atoms with Gasteiger partial charge in [-0.2, -0.15) is 5.26 Å². The highest BCUT2D eigenvalue weighted by molar-refractivity contribution is 5.97. The van der Waals surface area contributed by atoms with Gasteiger partial charge in [0, 0.05) is 12.0 Å². The molecule has 0 heterocycles. The summed E-state index contributed by atoms with van der Waals surface area (Å²) >= 11 is 0. The van der Waals surface area contributed by atoms with Gasteiger partial charge in [-0.15, -0.1) is 0 Å². The minimum Gasteiger partial charge on any atom is -0.507 e. The highest BCUT2D eigenvalue weighted by Crippen LogP contribution is 2.34. The number of benzene rings is 2. The van der Waals surface area contributed by atoms with Crippen molar-refractivity contribution in [3.05, 3.63) is 53.1 Å². The van der Waals surface area contributed by atoms with Gasteiger partial charge in [0.1, 0.15) is 17.2 Å². The summed E-state index contributed by atoms with van der Waals surface area (Å²) in [6.45, 7) is 5.48. The van der Waals surface area contributed by atoms with Crippen molar-refractivity contribution in [2.24, 2.45) is 0 Å². The minimum atomic E-state index is -0.523. The number of nitrogens with zero attached hydrogens (tertiary/aromatic N) is 1. The molecule has 28 heavy (non-hydrogen) atoms. The summed E-state index contributed by atoms with van der Waals surface area (Å²) in [7, 11) is 0. The zero-order valence-electron chi connectivity index (χ0n) is 16.7. The Morgan fingerprint density at radius 3 is 2.39 bits per heavy atom. The van der Waals surface area contributed by atoms with E-state index in [1.165, 1.54) is 6.92 Å². The molecule has 2 aromatic rings. The lowest BCUT2D eigenvalue weighted by Crippen LogP contribution is -2.24. The molecule has 0 aromatic heterocycles. The van der Waals surface area contributed by atoms with Gasteiger partial charge in [-0.1, -0.05) is 32.4 Å². The van der Waals surface area contributed by atoms with E-state index in [9.17, 15) is 9.90 Å². The van der Waals surface area contributed by atoms with Crippen LogP contribution in [0.2, 0.25) is 0 Å². The number of hydrogen-bond donors (Lipinski definition) is 1. The average Bonchev–Trinajstić information content (AvgIpc) is 2.66. The highest BCUT2D eigenvalue weighted by Gasteiger charge is 2.19. The fraction of sp³-hybridized carbons (Fsp3) is 0.391. The van der Waals surface area contributed by atoms with Crippen LogP contribution in [0.15, 0.2) is 36.4 Å². The van der Waals surface area contributed by atoms with E-state index in [0.29, 0.717) is 41.9 Å². The topological polar surface area (TPSA) is 79.5 Å². The molecule has 0 amide bonds. The van der Waals surface area contributed by atoms with Crippen LogP contribution in [-0.4, -0.2) is 17.2 Å². The van der Waals surface area contributed by atoms with Crippen LogP contribution >= 0.6 is 0 Å². The Morgan fingerprint density at radius 2 is 1.82 bits per heavy atom. The van der Waals surface area contributed by atoms with Gasteiger partial charge in [0.05, 0.1) is 18.1 Å². The third-order valence-electron chi connectivity index (χ3n) is 4.38. The summed E-state index contributed by atoms with van der Waals surface area (Å²) in [5, 5.41) is 19.3. The molecule has 0 saturated heterocycles. The van der Waals surface area contributed by atoms with E-state index in [2.05, 4.69) is 6.07 Å². The number of hydrogen-bond acceptors (Lipinski definition) is 5. The van der Waals surface area contributed by atoms with Crippen molar-refractivity contribution in [2.45, 2.75) is 59.2 Å². The molecule has 0 aliphatic rings. The van der Waals surface area contributed by atoms with Crippen molar-refractivity contribution < 1.29 is 19.4 Å². The number of ether oxygens (including phenoxy) is 2. The maximum atomic E-state index is 11.7. The van der Waals surface area contributed by atoms with Crippen LogP contribution in [0, 0.1) is 11.3 Å². The van der Waals surface area contributed by atoms with Gasteiger partial charge in [0.25, 0.3) is 0 Å². The first kappa shape index (κ1) is 21.3. The molecule has 0 spiro atoms. The van der Waals surface area contributed by atoms with Crippen LogP contribution in [0.25, 0.3) is 0 Å². The van der Waals surface area contributed by atoms with Crippen LogP contribution in [-0.2, 0) is 12.8 Å². The van der Waals surface area contributed by atoms with Crippen molar-refractivity contribution in [1.29, 1.82) is 5.26 Å². The van der Waals surface area contributed by atoms with Gasteiger partial charge in [-0.25, -0.2) is 0 Å². The molecule has 0 aliphatic heterocycles. The summed E-state index contributed by atoms with van der Waals surface area (Å²) < 4.78 is 12.1. The molecule has 0 fully saturated rings. The predicted octanol–water partition coefficient (Wildman–Crippen LogP) is 5.20. The molecular formula is C23H27NO4. The molecule has 0 bridgehead atoms. The summed E-state index contributed by atoms with van der Waals surface area (Å²) in [4.78, 5) is 11.7. The lowest BCUT2D eigenvalue weighted by Gasteiger charge is -2.23. The summed E-state index contributed by atoms with van der Waals surface area (Å²) in [5.74, 6) is 0.994. The Morgan fingerprint density at radius 1 is 1.11 bits per heavy atom. The zero-order chi connectivity index (χ0) is 20.5. The second-order valence-electron chi connectivity index (χ2n) is 6.68. The van der Waals surface area contributed by atoms with Crippen molar-refractivity contribution in [3.8, 4) is 23.3 Å². The first-order chi connectivity index (χ1) is 13.5. The van der Waals surface area contributed by atoms with Gasteiger partial charge in [0.2, 0.25) is 6.29 Å². The van der Waals surface area contributed by atoms with Crippen LogP contribution in [0.4, 0.5) is 0 Å². The van der Waals surface area contributed by atoms with Crippen LogP contribution in [0.5, 0.6) is 17.2 Å². The Bertz CT molecular complexity index is 837. The smallest absolute Gasteiger partial charge is 0.241 e. The Balaban J connectivity index is 2.24. The molecule has 2 aromatic carbocycles. The van der Waals surface area contributed by atoms with E-state index in [4.69, 9.17) is 14.7 Å². The second-order valence-corrected chi connectivity index (χ2v) is 6.68. The van der Waals surface area contributed by atoms with Gasteiger partial charge in [0.15, 0.2) is 5.78 Å². The molecule has 1 N–H and O–H groups in total. The van der Waals surface area contributed by atoms with Gasteiger partial charge in [-0.3, -0.25) is 4.79 Å². The molecule has 1 atom stereocenters. The predicted molar refractivity (Wildman–Crippen MR) is 108 cm³/mol. The molecule has 1 unspecified atom stereocenters. The lowest BCUT2D eigenvalue weighted by atomic mass is 10.0. The number of phenols is 1. The van der Waals surface area contributed by atoms with Crippen LogP contribution in [0.3, 0.4) is 0 Å². The average molecular weight is 381 g/mol. The van der Waals surface area contributed by atoms with Gasteiger partial charge >= 0.3 is 0 Å². The van der Waals surface area contributed by atoms with Crippen LogP contribution in [0.1, 0.15) is 61.5 Å². The molecule has 5 nitrogen and oxygen atoms in total. The van der Waals surface area contributed by atoms with E-state index in [1.54, 1.807) is 12.1 Å². The van der Waals surface area contributed by atoms with Gasteiger partial charge in [-0.05, 0) is 49.6 Å². The zero-order valence-corrected chi connectivity index (χ0v) is 16.7. The fourth-order valence-electron chi connectivity index (χ4n) is 2.95. The summed E-state index contributed by atoms with van der Waals surface area (Å²) in [5.41, 5.74) is 1.86. The standard InChI is InChI=1S/C23H27NO4/c1-4-6-20-21(13-12-19(16(3)25)23(20)26)28-22(7-5-2)27-18-10-8-17(9-11-18)14-15-24/h8-13,22,26H,4-7,14H2,1-3H3. The normalized spacial score (nSPS) is 11.5. The highest BCUT2D eigenvalue weighted by atomic mass is 16.7. The quantitative estimate of drug-likeness (QED) is 0.452. The van der Waals surface area contributed by atoms with E-state index in [0.717, 1.165) is 18.4 Å². The summed E-state index contributed by atoms with van der Waals surface area (Å²) in [6, 6.07) is 12.8. The maximum absolute atomic E-state index is 11.7. The number of carbonyl (C=O) groups excluding carboxylic acids is 1. The Kier molecular flexibility index (Phi) is 7.88. The number of Topliss-reactive ketones (excluding diaryl/α,β-unsaturated/α-hetero) is 1. The minimum absolute atomic E-state index is 0.0112. The van der Waals surface area contributed by atoms with E-state index in [-0.39, 0.29) is 11.5 Å². The van der Waals surface area contributed by atoms with E-state index >= 15 is 0 Å². The maximum Gasteiger partial charge on any atom is 0.241 e. The molecule has 5 heteroatoms. The molecule has 0 radical (unpaired) electrons. The van der Waals surface area contributed by atoms with Crippen molar-refractivity contribution in [2.75, 3.05) is 0 Å². The Labute approximate surface area is 166 Å². The van der Waals surface area contributed by atoms with Crippen molar-refractivity contribution in [1.82, 2.24) is 0 Å². The second kappa shape index (κ2) is 10.4. The number of carbonyl (C=O) groups is 1. The molecule has 0 saturated carbocycles. The monoisotopic (exact) mass is 381 g/mol. The van der Waals surface area contributed by atoms with Crippen LogP contribution < -0.4 is 9.47 Å². The third kappa shape index (κ3) is 5.50. The largest absolute Gasteiger partial charge is 0.507 e. The van der Waals surface area contributed by atoms with Crippen molar-refractivity contribution >= 4 is 5.78 Å². The molecular weight excluding hydrogens is 354 g/mol. The molecule has 148 valence electrons. The number of nitriles is 1. The van der Waals surface area contributed by atoms with Crippen molar-refractivity contribution in [3.63, 3.8) is 0 Å². The Hall–Kier alpha value is -3.00. The van der Waals surface area contributed by atoms with E-state index in [1.807, 2.05) is 38.1 Å². The number of phenolic OH excluding ortho intramolecular Hbond substituents is 1. The third-order valence-corrected chi connectivity index (χ3v) is 4.38. The first-order valence-corrected chi connectivity index (χ1v) is 9.65. The summed E-state index contributed by atoms with van der Waals surface area (Å²) in [6.07, 6.45) is 2.77.